The molecule has 3 N–H and O–H groups in total. The van der Waals surface area contributed by atoms with Gasteiger partial charge in [0, 0.05) is 23.0 Å². The zero-order valence-corrected chi connectivity index (χ0v) is 14.4. The number of aliphatic hydroxyl groups excluding tert-OH is 1. The van der Waals surface area contributed by atoms with Crippen molar-refractivity contribution in [3.05, 3.63) is 53.5 Å². The largest absolute Gasteiger partial charge is 0.405 e. The van der Waals surface area contributed by atoms with Crippen LogP contribution >= 0.6 is 0 Å². The lowest BCUT2D eigenvalue weighted by molar-refractivity contribution is 0.0981. The topological polar surface area (TPSA) is 91.5 Å². The molecule has 0 spiro atoms. The van der Waals surface area contributed by atoms with Gasteiger partial charge >= 0.3 is 0 Å². The predicted octanol–water partition coefficient (Wildman–Crippen LogP) is 2.11. The van der Waals surface area contributed by atoms with Crippen LogP contribution < -0.4 is 10.5 Å². The Bertz CT molecular complexity index is 879. The Morgan fingerprint density at radius 3 is 2.80 bits per heavy atom. The first-order valence-electron chi connectivity index (χ1n) is 7.94. The van der Waals surface area contributed by atoms with Crippen molar-refractivity contribution in [3.63, 3.8) is 0 Å². The first kappa shape index (κ1) is 18.5. The highest BCUT2D eigenvalue weighted by atomic mass is 16.3. The molecule has 1 aromatic carbocycles. The van der Waals surface area contributed by atoms with E-state index < -0.39 is 0 Å². The number of fused-ring (bicyclic) bond motifs is 1. The first-order valence-corrected chi connectivity index (χ1v) is 7.94. The number of aryl methyl sites for hydroxylation is 1. The van der Waals surface area contributed by atoms with E-state index in [1.807, 2.05) is 26.8 Å². The third kappa shape index (κ3) is 3.80. The highest BCUT2D eigenvalue weighted by Gasteiger charge is 2.12. The maximum Gasteiger partial charge on any atom is 0.238 e. The number of aliphatic hydroxyl groups is 1. The number of aromatic nitrogens is 3. The van der Waals surface area contributed by atoms with Gasteiger partial charge in [-0.1, -0.05) is 19.9 Å². The van der Waals surface area contributed by atoms with E-state index in [4.69, 9.17) is 7.98 Å². The SMILES string of the molecule is CC.[B]NC(=O)c1cccc(Nc2ncnn3cc(CO)c(C)c23)c1. The summed E-state index contributed by atoms with van der Waals surface area (Å²) in [7, 11) is 5.15. The van der Waals surface area contributed by atoms with Crippen LogP contribution in [0.5, 0.6) is 0 Å². The Labute approximate surface area is 147 Å². The molecule has 0 atom stereocenters. The Kier molecular flexibility index (Phi) is 6.13. The van der Waals surface area contributed by atoms with Gasteiger partial charge in [0.15, 0.2) is 5.82 Å². The molecule has 0 unspecified atom stereocenters. The number of nitrogens with one attached hydrogen (secondary N) is 2. The average molecular weight is 337 g/mol. The van der Waals surface area contributed by atoms with Gasteiger partial charge in [-0.3, -0.25) is 4.79 Å². The minimum absolute atomic E-state index is 0.0687. The second kappa shape index (κ2) is 8.30. The van der Waals surface area contributed by atoms with Crippen molar-refractivity contribution < 1.29 is 9.90 Å². The lowest BCUT2D eigenvalue weighted by Gasteiger charge is -2.09. The molecule has 0 aliphatic heterocycles. The molecule has 25 heavy (non-hydrogen) atoms. The van der Waals surface area contributed by atoms with Crippen LogP contribution in [0.1, 0.15) is 35.3 Å². The van der Waals surface area contributed by atoms with E-state index in [1.165, 1.54) is 6.33 Å². The monoisotopic (exact) mass is 337 g/mol. The van der Waals surface area contributed by atoms with Gasteiger partial charge in [0.25, 0.3) is 0 Å². The number of hydrogen-bond donors (Lipinski definition) is 3. The molecule has 0 saturated carbocycles. The van der Waals surface area contributed by atoms with E-state index in [0.717, 1.165) is 16.6 Å². The van der Waals surface area contributed by atoms with Crippen molar-refractivity contribution in [3.8, 4) is 0 Å². The number of benzene rings is 1. The summed E-state index contributed by atoms with van der Waals surface area (Å²) in [6.07, 6.45) is 3.18. The summed E-state index contributed by atoms with van der Waals surface area (Å²) in [5.74, 6) is 0.213. The molecule has 2 radical (unpaired) electrons. The second-order valence-corrected chi connectivity index (χ2v) is 5.02. The van der Waals surface area contributed by atoms with Crippen molar-refractivity contribution in [2.24, 2.45) is 0 Å². The molecule has 3 rings (SSSR count). The summed E-state index contributed by atoms with van der Waals surface area (Å²) < 4.78 is 1.66. The van der Waals surface area contributed by atoms with Gasteiger partial charge in [-0.05, 0) is 30.7 Å². The Balaban J connectivity index is 0.00000109. The molecule has 7 nitrogen and oxygen atoms in total. The highest BCUT2D eigenvalue weighted by Crippen LogP contribution is 2.25. The van der Waals surface area contributed by atoms with Crippen LogP contribution in [-0.4, -0.2) is 33.6 Å². The normalized spacial score (nSPS) is 10.1. The van der Waals surface area contributed by atoms with Gasteiger partial charge < -0.3 is 15.7 Å². The van der Waals surface area contributed by atoms with Crippen molar-refractivity contribution in [2.75, 3.05) is 5.32 Å². The first-order chi connectivity index (χ1) is 12.1. The molecule has 8 heteroatoms. The maximum absolute atomic E-state index is 11.6. The summed E-state index contributed by atoms with van der Waals surface area (Å²) in [4.78, 5) is 15.9. The summed E-state index contributed by atoms with van der Waals surface area (Å²) in [5, 5.41) is 18.8. The minimum atomic E-state index is -0.372. The van der Waals surface area contributed by atoms with Gasteiger partial charge in [0.2, 0.25) is 13.9 Å². The molecule has 2 heterocycles. The molecular formula is C17H20BN5O2. The van der Waals surface area contributed by atoms with E-state index in [-0.39, 0.29) is 12.5 Å². The summed E-state index contributed by atoms with van der Waals surface area (Å²) in [5.41, 5.74) is 3.57. The number of anilines is 2. The second-order valence-electron chi connectivity index (χ2n) is 5.02. The number of hydrogen-bond acceptors (Lipinski definition) is 5. The third-order valence-electron chi connectivity index (χ3n) is 3.62. The molecular weight excluding hydrogens is 317 g/mol. The van der Waals surface area contributed by atoms with Crippen LogP contribution in [-0.2, 0) is 6.61 Å². The van der Waals surface area contributed by atoms with Crippen LogP contribution in [0, 0.1) is 6.92 Å². The lowest BCUT2D eigenvalue weighted by atomic mass is 10.1. The zero-order chi connectivity index (χ0) is 18.4. The van der Waals surface area contributed by atoms with Gasteiger partial charge in [-0.15, -0.1) is 0 Å². The molecule has 0 bridgehead atoms. The number of carbonyl (C=O) groups excluding carboxylic acids is 1. The van der Waals surface area contributed by atoms with Crippen molar-refractivity contribution in [1.82, 2.24) is 19.8 Å². The van der Waals surface area contributed by atoms with Gasteiger partial charge in [-0.2, -0.15) is 5.10 Å². The van der Waals surface area contributed by atoms with E-state index in [2.05, 4.69) is 20.6 Å². The maximum atomic E-state index is 11.6. The van der Waals surface area contributed by atoms with Crippen molar-refractivity contribution in [2.45, 2.75) is 27.4 Å². The Hall–Kier alpha value is -2.87. The summed E-state index contributed by atoms with van der Waals surface area (Å²) in [6, 6.07) is 6.90. The number of rotatable bonds is 4. The lowest BCUT2D eigenvalue weighted by Crippen LogP contribution is -2.19. The highest BCUT2D eigenvalue weighted by molar-refractivity contribution is 6.18. The average Bonchev–Trinajstić information content (AvgIpc) is 3.00. The van der Waals surface area contributed by atoms with E-state index >= 15 is 0 Å². The Morgan fingerprint density at radius 2 is 2.12 bits per heavy atom. The molecule has 0 fully saturated rings. The molecule has 0 saturated heterocycles. The van der Waals surface area contributed by atoms with Crippen LogP contribution in [0.2, 0.25) is 0 Å². The smallest absolute Gasteiger partial charge is 0.238 e. The van der Waals surface area contributed by atoms with Crippen molar-refractivity contribution >= 4 is 30.9 Å². The zero-order valence-electron chi connectivity index (χ0n) is 14.4. The fraction of sp³-hybridized carbons (Fsp3) is 0.235. The molecule has 3 aromatic rings. The molecule has 1 amide bonds. The van der Waals surface area contributed by atoms with Gasteiger partial charge in [0.1, 0.15) is 11.8 Å². The van der Waals surface area contributed by atoms with E-state index in [9.17, 15) is 9.90 Å². The quantitative estimate of drug-likeness (QED) is 0.634. The van der Waals surface area contributed by atoms with Gasteiger partial charge in [-0.25, -0.2) is 9.50 Å². The third-order valence-corrected chi connectivity index (χ3v) is 3.62. The fourth-order valence-corrected chi connectivity index (χ4v) is 2.42. The molecule has 2 aromatic heterocycles. The van der Waals surface area contributed by atoms with E-state index in [1.54, 1.807) is 28.9 Å². The minimum Gasteiger partial charge on any atom is -0.405 e. The van der Waals surface area contributed by atoms with Crippen molar-refractivity contribution in [1.29, 1.82) is 0 Å². The fourth-order valence-electron chi connectivity index (χ4n) is 2.42. The van der Waals surface area contributed by atoms with Gasteiger partial charge in [0.05, 0.1) is 6.61 Å². The molecule has 0 aliphatic rings. The van der Waals surface area contributed by atoms with Crippen LogP contribution in [0.15, 0.2) is 36.8 Å². The molecule has 0 aliphatic carbocycles. The number of amides is 1. The Morgan fingerprint density at radius 1 is 1.36 bits per heavy atom. The summed E-state index contributed by atoms with van der Waals surface area (Å²) >= 11 is 0. The molecule has 128 valence electrons. The van der Waals surface area contributed by atoms with Crippen LogP contribution in [0.4, 0.5) is 11.5 Å². The van der Waals surface area contributed by atoms with Crippen LogP contribution in [0.25, 0.3) is 5.52 Å². The summed E-state index contributed by atoms with van der Waals surface area (Å²) in [6.45, 7) is 5.83. The number of nitrogens with zero attached hydrogens (tertiary/aromatic N) is 3. The number of carbonyl (C=O) groups is 1. The van der Waals surface area contributed by atoms with Crippen LogP contribution in [0.3, 0.4) is 0 Å². The van der Waals surface area contributed by atoms with E-state index in [0.29, 0.717) is 17.1 Å². The standard InChI is InChI=1S/C15H14BN5O2.C2H6/c1-9-11(7-22)6-21-13(9)14(17-8-18-21)19-12-4-2-3-10(5-12)15(23)20-16;1-2/h2-6,8,22H,7H2,1H3,(H,20,23)(H,17,18,19);1-2H3. The predicted molar refractivity (Wildman–Crippen MR) is 97.9 cm³/mol.